The second kappa shape index (κ2) is 6.04. The number of aromatic nitrogens is 1. The fourth-order valence-corrected chi connectivity index (χ4v) is 1.63. The lowest BCUT2D eigenvalue weighted by atomic mass is 9.94. The topological polar surface area (TPSA) is 114 Å². The van der Waals surface area contributed by atoms with Crippen molar-refractivity contribution in [3.8, 4) is 0 Å². The van der Waals surface area contributed by atoms with E-state index >= 15 is 0 Å². The van der Waals surface area contributed by atoms with Gasteiger partial charge < -0.3 is 20.8 Å². The number of carbonyl (C=O) groups is 1. The maximum absolute atomic E-state index is 11.9. The molecule has 7 heteroatoms. The van der Waals surface area contributed by atoms with Crippen LogP contribution in [0.5, 0.6) is 0 Å². The standard InChI is InChI=1S/C11H18N4O3/c1-6(2)9(10(12)14-17)11(16)13-5-8-4-7(3)18-15-8/h4,6,9,17H,5H2,1-3H3,(H2,12,14)(H,13,16). The highest BCUT2D eigenvalue weighted by molar-refractivity contribution is 6.02. The molecule has 1 heterocycles. The first-order chi connectivity index (χ1) is 8.45. The summed E-state index contributed by atoms with van der Waals surface area (Å²) in [5.41, 5.74) is 6.12. The first-order valence-electron chi connectivity index (χ1n) is 5.63. The predicted octanol–water partition coefficient (Wildman–Crippen LogP) is 0.618. The molecule has 4 N–H and O–H groups in total. The molecule has 100 valence electrons. The highest BCUT2D eigenvalue weighted by atomic mass is 16.5. The van der Waals surface area contributed by atoms with E-state index in [2.05, 4.69) is 15.6 Å². The number of nitrogens with one attached hydrogen (secondary N) is 1. The molecule has 0 aliphatic carbocycles. The molecule has 1 unspecified atom stereocenters. The largest absolute Gasteiger partial charge is 0.409 e. The number of hydrogen-bond acceptors (Lipinski definition) is 5. The summed E-state index contributed by atoms with van der Waals surface area (Å²) in [6.07, 6.45) is 0. The Balaban J connectivity index is 2.62. The molecule has 0 spiro atoms. The van der Waals surface area contributed by atoms with E-state index in [9.17, 15) is 4.79 Å². The summed E-state index contributed by atoms with van der Waals surface area (Å²) >= 11 is 0. The number of rotatable bonds is 5. The molecule has 0 aliphatic rings. The highest BCUT2D eigenvalue weighted by Gasteiger charge is 2.26. The van der Waals surface area contributed by atoms with Crippen LogP contribution in [0.25, 0.3) is 0 Å². The molecule has 7 nitrogen and oxygen atoms in total. The van der Waals surface area contributed by atoms with Gasteiger partial charge in [-0.15, -0.1) is 0 Å². The zero-order chi connectivity index (χ0) is 13.7. The van der Waals surface area contributed by atoms with Crippen LogP contribution in [0.3, 0.4) is 0 Å². The van der Waals surface area contributed by atoms with Gasteiger partial charge >= 0.3 is 0 Å². The van der Waals surface area contributed by atoms with Gasteiger partial charge in [0.2, 0.25) is 5.91 Å². The molecule has 0 fully saturated rings. The average Bonchev–Trinajstić information content (AvgIpc) is 2.72. The SMILES string of the molecule is Cc1cc(CNC(=O)C(C(N)=NO)C(C)C)no1. The molecule has 0 saturated heterocycles. The van der Waals surface area contributed by atoms with Gasteiger partial charge in [0.15, 0.2) is 5.84 Å². The maximum atomic E-state index is 11.9. The number of carbonyl (C=O) groups excluding carboxylic acids is 1. The summed E-state index contributed by atoms with van der Waals surface area (Å²) < 4.78 is 4.88. The van der Waals surface area contributed by atoms with Crippen LogP contribution in [-0.2, 0) is 11.3 Å². The van der Waals surface area contributed by atoms with Gasteiger partial charge in [0, 0.05) is 6.07 Å². The Hall–Kier alpha value is -2.05. The number of amidine groups is 1. The number of oxime groups is 1. The second-order valence-electron chi connectivity index (χ2n) is 4.39. The lowest BCUT2D eigenvalue weighted by molar-refractivity contribution is -0.124. The van der Waals surface area contributed by atoms with Crippen molar-refractivity contribution in [1.82, 2.24) is 10.5 Å². The van der Waals surface area contributed by atoms with Crippen molar-refractivity contribution in [2.45, 2.75) is 27.3 Å². The lowest BCUT2D eigenvalue weighted by Crippen LogP contribution is -2.41. The van der Waals surface area contributed by atoms with E-state index in [1.807, 2.05) is 13.8 Å². The van der Waals surface area contributed by atoms with Crippen LogP contribution in [0.2, 0.25) is 0 Å². The van der Waals surface area contributed by atoms with Gasteiger partial charge in [0.05, 0.1) is 6.54 Å². The lowest BCUT2D eigenvalue weighted by Gasteiger charge is -2.18. The molecular formula is C11H18N4O3. The van der Waals surface area contributed by atoms with Gasteiger partial charge in [-0.05, 0) is 12.8 Å². The normalized spacial score (nSPS) is 13.7. The van der Waals surface area contributed by atoms with E-state index in [1.54, 1.807) is 13.0 Å². The van der Waals surface area contributed by atoms with Crippen molar-refractivity contribution in [2.75, 3.05) is 0 Å². The number of aryl methyl sites for hydroxylation is 1. The summed E-state index contributed by atoms with van der Waals surface area (Å²) in [6.45, 7) is 5.66. The van der Waals surface area contributed by atoms with Crippen LogP contribution >= 0.6 is 0 Å². The summed E-state index contributed by atoms with van der Waals surface area (Å²) in [4.78, 5) is 11.9. The molecular weight excluding hydrogens is 236 g/mol. The van der Waals surface area contributed by atoms with Crippen LogP contribution < -0.4 is 11.1 Å². The van der Waals surface area contributed by atoms with Gasteiger partial charge in [-0.3, -0.25) is 4.79 Å². The molecule has 0 radical (unpaired) electrons. The Morgan fingerprint density at radius 2 is 2.33 bits per heavy atom. The summed E-state index contributed by atoms with van der Waals surface area (Å²) in [5.74, 6) is -0.459. The monoisotopic (exact) mass is 254 g/mol. The number of nitrogens with two attached hydrogens (primary N) is 1. The van der Waals surface area contributed by atoms with E-state index in [0.29, 0.717) is 11.5 Å². The number of hydrogen-bond donors (Lipinski definition) is 3. The van der Waals surface area contributed by atoms with Gasteiger partial charge in [0.25, 0.3) is 0 Å². The van der Waals surface area contributed by atoms with Crippen LogP contribution in [0.4, 0.5) is 0 Å². The highest BCUT2D eigenvalue weighted by Crippen LogP contribution is 2.11. The molecule has 0 saturated carbocycles. The number of amides is 1. The quantitative estimate of drug-likeness (QED) is 0.308. The van der Waals surface area contributed by atoms with E-state index in [1.165, 1.54) is 0 Å². The summed E-state index contributed by atoms with van der Waals surface area (Å²) in [6, 6.07) is 1.73. The molecule has 0 bridgehead atoms. The minimum Gasteiger partial charge on any atom is -0.409 e. The Morgan fingerprint density at radius 1 is 1.67 bits per heavy atom. The van der Waals surface area contributed by atoms with Crippen molar-refractivity contribution in [3.05, 3.63) is 17.5 Å². The van der Waals surface area contributed by atoms with Gasteiger partial charge in [-0.2, -0.15) is 0 Å². The minimum absolute atomic E-state index is 0.0695. The van der Waals surface area contributed by atoms with Crippen molar-refractivity contribution in [1.29, 1.82) is 0 Å². The Bertz CT molecular complexity index is 439. The third kappa shape index (κ3) is 3.47. The van der Waals surface area contributed by atoms with Crippen LogP contribution in [0.15, 0.2) is 15.7 Å². The van der Waals surface area contributed by atoms with E-state index < -0.39 is 5.92 Å². The molecule has 1 aromatic rings. The van der Waals surface area contributed by atoms with Gasteiger partial charge in [-0.1, -0.05) is 24.2 Å². The molecule has 18 heavy (non-hydrogen) atoms. The zero-order valence-corrected chi connectivity index (χ0v) is 10.7. The fourth-order valence-electron chi connectivity index (χ4n) is 1.63. The first kappa shape index (κ1) is 14.0. The van der Waals surface area contributed by atoms with Crippen molar-refractivity contribution >= 4 is 11.7 Å². The molecule has 1 atom stereocenters. The minimum atomic E-state index is -0.664. The van der Waals surface area contributed by atoms with Crippen molar-refractivity contribution in [3.63, 3.8) is 0 Å². The van der Waals surface area contributed by atoms with Crippen LogP contribution in [0.1, 0.15) is 25.3 Å². The molecule has 1 aromatic heterocycles. The molecule has 0 aliphatic heterocycles. The maximum Gasteiger partial charge on any atom is 0.231 e. The summed E-state index contributed by atoms with van der Waals surface area (Å²) in [5, 5.41) is 18.0. The van der Waals surface area contributed by atoms with E-state index in [0.717, 1.165) is 0 Å². The van der Waals surface area contributed by atoms with E-state index in [4.69, 9.17) is 15.5 Å². The van der Waals surface area contributed by atoms with Crippen molar-refractivity contribution in [2.24, 2.45) is 22.7 Å². The number of nitrogens with zero attached hydrogens (tertiary/aromatic N) is 2. The smallest absolute Gasteiger partial charge is 0.231 e. The van der Waals surface area contributed by atoms with E-state index in [-0.39, 0.29) is 24.2 Å². The van der Waals surface area contributed by atoms with Crippen LogP contribution in [-0.4, -0.2) is 22.1 Å². The third-order valence-corrected chi connectivity index (χ3v) is 2.50. The zero-order valence-electron chi connectivity index (χ0n) is 10.7. The predicted molar refractivity (Wildman–Crippen MR) is 64.8 cm³/mol. The molecule has 1 rings (SSSR count). The Kier molecular flexibility index (Phi) is 4.70. The van der Waals surface area contributed by atoms with Gasteiger partial charge in [0.1, 0.15) is 17.4 Å². The molecule has 0 aromatic carbocycles. The van der Waals surface area contributed by atoms with Crippen LogP contribution in [0, 0.1) is 18.8 Å². The Labute approximate surface area is 105 Å². The average molecular weight is 254 g/mol. The first-order valence-corrected chi connectivity index (χ1v) is 5.63. The summed E-state index contributed by atoms with van der Waals surface area (Å²) in [7, 11) is 0. The Morgan fingerprint density at radius 3 is 2.78 bits per heavy atom. The second-order valence-corrected chi connectivity index (χ2v) is 4.39. The molecule has 1 amide bonds. The van der Waals surface area contributed by atoms with Gasteiger partial charge in [-0.25, -0.2) is 0 Å². The third-order valence-electron chi connectivity index (χ3n) is 2.50. The fraction of sp³-hybridized carbons (Fsp3) is 0.545. The van der Waals surface area contributed by atoms with Crippen molar-refractivity contribution < 1.29 is 14.5 Å².